The molecule has 3 aromatic rings. The second-order valence-electron chi connectivity index (χ2n) is 6.09. The molecule has 144 valence electrons. The number of aromatic amines is 1. The van der Waals surface area contributed by atoms with E-state index < -0.39 is 5.97 Å². The van der Waals surface area contributed by atoms with Gasteiger partial charge in [0, 0.05) is 32.7 Å². The Balaban J connectivity index is 2.07. The molecule has 2 aromatic carbocycles. The molecule has 1 aromatic heterocycles. The van der Waals surface area contributed by atoms with Crippen LogP contribution in [0.1, 0.15) is 29.9 Å². The number of ether oxygens (including phenoxy) is 1. The van der Waals surface area contributed by atoms with Crippen molar-refractivity contribution in [2.24, 2.45) is 0 Å². The lowest BCUT2D eigenvalue weighted by atomic mass is 10.1. The molecule has 1 heterocycles. The van der Waals surface area contributed by atoms with Crippen molar-refractivity contribution in [3.8, 4) is 0 Å². The fraction of sp³-hybridized carbons (Fsp3) is 0.143. The van der Waals surface area contributed by atoms with Gasteiger partial charge < -0.3 is 15.0 Å². The van der Waals surface area contributed by atoms with Crippen molar-refractivity contribution < 1.29 is 14.3 Å². The molecular formula is C21H18Cl2N2O3. The molecule has 0 saturated carbocycles. The molecule has 0 unspecified atom stereocenters. The van der Waals surface area contributed by atoms with Crippen LogP contribution in [-0.4, -0.2) is 23.5 Å². The summed E-state index contributed by atoms with van der Waals surface area (Å²) in [6.45, 7) is 3.60. The minimum absolute atomic E-state index is 0.216. The summed E-state index contributed by atoms with van der Waals surface area (Å²) in [5.41, 5.74) is 2.36. The van der Waals surface area contributed by atoms with E-state index in [2.05, 4.69) is 10.3 Å². The van der Waals surface area contributed by atoms with Gasteiger partial charge in [-0.25, -0.2) is 4.79 Å². The number of hydrogen-bond donors (Lipinski definition) is 2. The maximum atomic E-state index is 12.6. The Bertz CT molecular complexity index is 1070. The van der Waals surface area contributed by atoms with E-state index in [9.17, 15) is 9.59 Å². The molecule has 0 aliphatic rings. The maximum absolute atomic E-state index is 12.6. The SMILES string of the molecule is CCOC(=O)c1[nH]c2cc(Cl)cc(Cl)c2c1/C=C(\C)C(=O)Nc1ccccc1. The molecule has 7 heteroatoms. The lowest BCUT2D eigenvalue weighted by Crippen LogP contribution is -2.13. The smallest absolute Gasteiger partial charge is 0.355 e. The van der Waals surface area contributed by atoms with Crippen LogP contribution < -0.4 is 5.32 Å². The number of aromatic nitrogens is 1. The van der Waals surface area contributed by atoms with Crippen molar-refractivity contribution in [2.75, 3.05) is 11.9 Å². The summed E-state index contributed by atoms with van der Waals surface area (Å²) < 4.78 is 5.13. The molecule has 0 radical (unpaired) electrons. The summed E-state index contributed by atoms with van der Waals surface area (Å²) in [7, 11) is 0. The molecule has 0 aliphatic heterocycles. The van der Waals surface area contributed by atoms with Gasteiger partial charge in [-0.3, -0.25) is 4.79 Å². The normalized spacial score (nSPS) is 11.5. The number of H-pyrrole nitrogens is 1. The highest BCUT2D eigenvalue weighted by Gasteiger charge is 2.21. The van der Waals surface area contributed by atoms with Crippen LogP contribution in [0, 0.1) is 0 Å². The highest BCUT2D eigenvalue weighted by atomic mass is 35.5. The van der Waals surface area contributed by atoms with E-state index in [1.54, 1.807) is 44.2 Å². The zero-order chi connectivity index (χ0) is 20.3. The zero-order valence-corrected chi connectivity index (χ0v) is 16.8. The molecule has 0 fully saturated rings. The van der Waals surface area contributed by atoms with E-state index in [0.29, 0.717) is 37.8 Å². The number of carbonyl (C=O) groups excluding carboxylic acids is 2. The molecule has 0 spiro atoms. The van der Waals surface area contributed by atoms with Gasteiger partial charge in [0.05, 0.1) is 11.6 Å². The van der Waals surface area contributed by atoms with Gasteiger partial charge in [0.15, 0.2) is 0 Å². The zero-order valence-electron chi connectivity index (χ0n) is 15.3. The third kappa shape index (κ3) is 4.21. The Morgan fingerprint density at radius 1 is 1.18 bits per heavy atom. The third-order valence-corrected chi connectivity index (χ3v) is 4.60. The van der Waals surface area contributed by atoms with Gasteiger partial charge in [0.2, 0.25) is 0 Å². The lowest BCUT2D eigenvalue weighted by Gasteiger charge is -2.06. The number of hydrogen-bond acceptors (Lipinski definition) is 3. The number of esters is 1. The molecule has 3 rings (SSSR count). The van der Waals surface area contributed by atoms with Gasteiger partial charge in [0.25, 0.3) is 5.91 Å². The third-order valence-electron chi connectivity index (χ3n) is 4.08. The minimum atomic E-state index is -0.534. The topological polar surface area (TPSA) is 71.2 Å². The summed E-state index contributed by atoms with van der Waals surface area (Å²) >= 11 is 12.4. The number of fused-ring (bicyclic) bond motifs is 1. The number of carbonyl (C=O) groups is 2. The van der Waals surface area contributed by atoms with Crippen molar-refractivity contribution >= 4 is 57.7 Å². The largest absolute Gasteiger partial charge is 0.461 e. The lowest BCUT2D eigenvalue weighted by molar-refractivity contribution is -0.112. The van der Waals surface area contributed by atoms with Crippen molar-refractivity contribution in [3.63, 3.8) is 0 Å². The molecule has 5 nitrogen and oxygen atoms in total. The second kappa shape index (κ2) is 8.50. The average Bonchev–Trinajstić information content (AvgIpc) is 3.01. The first-order valence-electron chi connectivity index (χ1n) is 8.63. The first kappa shape index (κ1) is 20.0. The van der Waals surface area contributed by atoms with E-state index in [0.717, 1.165) is 0 Å². The van der Waals surface area contributed by atoms with Crippen LogP contribution in [0.2, 0.25) is 10.0 Å². The van der Waals surface area contributed by atoms with Gasteiger partial charge in [-0.05, 0) is 44.2 Å². The Labute approximate surface area is 172 Å². The first-order chi connectivity index (χ1) is 13.4. The number of para-hydroxylation sites is 1. The Morgan fingerprint density at radius 2 is 1.89 bits per heavy atom. The summed E-state index contributed by atoms with van der Waals surface area (Å²) in [6, 6.07) is 12.4. The number of nitrogens with one attached hydrogen (secondary N) is 2. The molecular weight excluding hydrogens is 399 g/mol. The van der Waals surface area contributed by atoms with E-state index in [1.165, 1.54) is 0 Å². The summed E-state index contributed by atoms with van der Waals surface area (Å²) in [5, 5.41) is 4.22. The number of benzene rings is 2. The van der Waals surface area contributed by atoms with Crippen LogP contribution in [0.5, 0.6) is 0 Å². The average molecular weight is 417 g/mol. The van der Waals surface area contributed by atoms with E-state index in [4.69, 9.17) is 27.9 Å². The molecule has 0 atom stereocenters. The van der Waals surface area contributed by atoms with Crippen LogP contribution in [0.3, 0.4) is 0 Å². The molecule has 28 heavy (non-hydrogen) atoms. The maximum Gasteiger partial charge on any atom is 0.355 e. The second-order valence-corrected chi connectivity index (χ2v) is 6.94. The van der Waals surface area contributed by atoms with Gasteiger partial charge >= 0.3 is 5.97 Å². The highest BCUT2D eigenvalue weighted by Crippen LogP contribution is 2.34. The van der Waals surface area contributed by atoms with Crippen LogP contribution in [0.25, 0.3) is 17.0 Å². The van der Waals surface area contributed by atoms with Crippen molar-refractivity contribution in [2.45, 2.75) is 13.8 Å². The molecule has 1 amide bonds. The van der Waals surface area contributed by atoms with E-state index in [-0.39, 0.29) is 18.2 Å². The number of amides is 1. The summed E-state index contributed by atoms with van der Waals surface area (Å²) in [6.07, 6.45) is 1.61. The fourth-order valence-corrected chi connectivity index (χ4v) is 3.41. The predicted molar refractivity (Wildman–Crippen MR) is 113 cm³/mol. The van der Waals surface area contributed by atoms with Crippen LogP contribution in [0.4, 0.5) is 5.69 Å². The Kier molecular flexibility index (Phi) is 6.07. The van der Waals surface area contributed by atoms with Crippen molar-refractivity contribution in [1.29, 1.82) is 0 Å². The fourth-order valence-electron chi connectivity index (χ4n) is 2.81. The molecule has 0 aliphatic carbocycles. The number of halogens is 2. The monoisotopic (exact) mass is 416 g/mol. The number of rotatable bonds is 5. The van der Waals surface area contributed by atoms with Gasteiger partial charge in [-0.2, -0.15) is 0 Å². The van der Waals surface area contributed by atoms with Crippen LogP contribution in [-0.2, 0) is 9.53 Å². The summed E-state index contributed by atoms with van der Waals surface area (Å²) in [4.78, 5) is 28.0. The van der Waals surface area contributed by atoms with Crippen LogP contribution in [0.15, 0.2) is 48.0 Å². The quantitative estimate of drug-likeness (QED) is 0.414. The minimum Gasteiger partial charge on any atom is -0.461 e. The molecule has 0 bridgehead atoms. The Morgan fingerprint density at radius 3 is 2.57 bits per heavy atom. The summed E-state index contributed by atoms with van der Waals surface area (Å²) in [5.74, 6) is -0.825. The van der Waals surface area contributed by atoms with E-state index >= 15 is 0 Å². The predicted octanol–water partition coefficient (Wildman–Crippen LogP) is 5.69. The van der Waals surface area contributed by atoms with Crippen LogP contribution >= 0.6 is 23.2 Å². The molecule has 0 saturated heterocycles. The van der Waals surface area contributed by atoms with Gasteiger partial charge in [-0.15, -0.1) is 0 Å². The first-order valence-corrected chi connectivity index (χ1v) is 9.38. The Hall–Kier alpha value is -2.76. The van der Waals surface area contributed by atoms with Gasteiger partial charge in [-0.1, -0.05) is 41.4 Å². The standard InChI is InChI=1S/C21H18Cl2N2O3/c1-3-28-21(27)19-15(18-16(23)10-13(22)11-17(18)25-19)9-12(2)20(26)24-14-7-5-4-6-8-14/h4-11,25H,3H2,1-2H3,(H,24,26)/b12-9+. The van der Waals surface area contributed by atoms with E-state index in [1.807, 2.05) is 18.2 Å². The van der Waals surface area contributed by atoms with Crippen molar-refractivity contribution in [1.82, 2.24) is 4.98 Å². The number of anilines is 1. The highest BCUT2D eigenvalue weighted by molar-refractivity contribution is 6.39. The van der Waals surface area contributed by atoms with Gasteiger partial charge in [0.1, 0.15) is 5.69 Å². The molecule has 2 N–H and O–H groups in total. The van der Waals surface area contributed by atoms with Crippen molar-refractivity contribution in [3.05, 3.63) is 69.3 Å².